The Bertz CT molecular complexity index is 744. The number of rotatable bonds is 7. The monoisotopic (exact) mass is 342 g/mol. The van der Waals surface area contributed by atoms with Gasteiger partial charge in [0.25, 0.3) is 0 Å². The molecule has 0 aromatic heterocycles. The molecule has 0 aliphatic rings. The molecule has 0 spiro atoms. The fourth-order valence-corrected chi connectivity index (χ4v) is 2.07. The van der Waals surface area contributed by atoms with Crippen LogP contribution in [-0.4, -0.2) is 12.6 Å². The molecule has 0 heterocycles. The molecule has 4 heteroatoms. The first-order valence-corrected chi connectivity index (χ1v) is 8.16. The van der Waals surface area contributed by atoms with E-state index < -0.39 is 5.97 Å². The van der Waals surface area contributed by atoms with Crippen molar-refractivity contribution < 1.29 is 18.3 Å². The van der Waals surface area contributed by atoms with Gasteiger partial charge in [0.1, 0.15) is 11.6 Å². The number of carbonyl (C=O) groups is 1. The van der Waals surface area contributed by atoms with E-state index in [4.69, 9.17) is 4.74 Å². The lowest BCUT2D eigenvalue weighted by Crippen LogP contribution is -2.07. The number of halogens is 2. The van der Waals surface area contributed by atoms with Gasteiger partial charge in [-0.2, -0.15) is 0 Å². The molecule has 2 aromatic rings. The molecule has 0 fully saturated rings. The number of benzene rings is 2. The summed E-state index contributed by atoms with van der Waals surface area (Å²) in [4.78, 5) is 12.3. The molecule has 0 bridgehead atoms. The van der Waals surface area contributed by atoms with Gasteiger partial charge in [0.05, 0.1) is 12.2 Å². The summed E-state index contributed by atoms with van der Waals surface area (Å²) in [5.74, 6) is -1.11. The Hall–Kier alpha value is -2.75. The van der Waals surface area contributed by atoms with Gasteiger partial charge in [-0.15, -0.1) is 0 Å². The van der Waals surface area contributed by atoms with Crippen molar-refractivity contribution in [1.29, 1.82) is 0 Å². The largest absolute Gasteiger partial charge is 0.462 e. The smallest absolute Gasteiger partial charge is 0.338 e. The highest BCUT2D eigenvalue weighted by Gasteiger charge is 2.08. The van der Waals surface area contributed by atoms with Crippen molar-refractivity contribution in [3.63, 3.8) is 0 Å². The first kappa shape index (κ1) is 18.6. The number of unbranched alkanes of at least 4 members (excludes halogenated alkanes) is 1. The van der Waals surface area contributed by atoms with E-state index in [1.54, 1.807) is 42.5 Å². The van der Waals surface area contributed by atoms with E-state index in [9.17, 15) is 13.6 Å². The summed E-state index contributed by atoms with van der Waals surface area (Å²) < 4.78 is 31.3. The second-order valence-corrected chi connectivity index (χ2v) is 5.53. The topological polar surface area (TPSA) is 26.3 Å². The summed E-state index contributed by atoms with van der Waals surface area (Å²) in [6, 6.07) is 11.8. The molecule has 2 rings (SSSR count). The fraction of sp³-hybridized carbons (Fsp3) is 0.190. The molecule has 25 heavy (non-hydrogen) atoms. The van der Waals surface area contributed by atoms with E-state index in [1.165, 1.54) is 24.3 Å². The minimum atomic E-state index is -0.448. The van der Waals surface area contributed by atoms with Crippen LogP contribution in [0, 0.1) is 11.6 Å². The fourth-order valence-electron chi connectivity index (χ4n) is 2.07. The molecule has 0 aliphatic heterocycles. The summed E-state index contributed by atoms with van der Waals surface area (Å²) in [7, 11) is 0. The highest BCUT2D eigenvalue weighted by Crippen LogP contribution is 2.14. The van der Waals surface area contributed by atoms with Gasteiger partial charge < -0.3 is 4.74 Å². The molecule has 0 radical (unpaired) electrons. The predicted octanol–water partition coefficient (Wildman–Crippen LogP) is 5.40. The van der Waals surface area contributed by atoms with E-state index >= 15 is 0 Å². The summed E-state index contributed by atoms with van der Waals surface area (Å²) in [6.07, 6.45) is 6.67. The summed E-state index contributed by atoms with van der Waals surface area (Å²) in [5, 5.41) is 0. The first-order valence-electron chi connectivity index (χ1n) is 8.16. The first-order chi connectivity index (χ1) is 12.1. The second-order valence-electron chi connectivity index (χ2n) is 5.53. The van der Waals surface area contributed by atoms with E-state index in [0.717, 1.165) is 18.4 Å². The van der Waals surface area contributed by atoms with Crippen molar-refractivity contribution in [2.45, 2.75) is 19.8 Å². The molecule has 0 atom stereocenters. The van der Waals surface area contributed by atoms with Gasteiger partial charge in [-0.1, -0.05) is 43.7 Å². The lowest BCUT2D eigenvalue weighted by Gasteiger charge is -2.05. The quantitative estimate of drug-likeness (QED) is 0.291. The van der Waals surface area contributed by atoms with Crippen molar-refractivity contribution in [3.05, 3.63) is 82.9 Å². The van der Waals surface area contributed by atoms with Crippen LogP contribution in [0.25, 0.3) is 12.2 Å². The average molecular weight is 342 g/mol. The van der Waals surface area contributed by atoms with Crippen LogP contribution in [-0.2, 0) is 9.53 Å². The molecule has 0 aliphatic carbocycles. The van der Waals surface area contributed by atoms with Crippen LogP contribution in [0.5, 0.6) is 0 Å². The van der Waals surface area contributed by atoms with Crippen LogP contribution >= 0.6 is 0 Å². The Kier molecular flexibility index (Phi) is 7.08. The molecule has 2 aromatic carbocycles. The highest BCUT2D eigenvalue weighted by atomic mass is 19.1. The Morgan fingerprint density at radius 2 is 1.52 bits per heavy atom. The standard InChI is InChI=1S/C21H20F2O2/c1-2-3-14-25-21(24)18(15-17-7-12-20(23)13-8-17)9-4-16-5-10-19(22)11-6-16/h4-13,15H,2-3,14H2,1H3/b9-4+,18-15-. The van der Waals surface area contributed by atoms with Crippen molar-refractivity contribution in [2.24, 2.45) is 0 Å². The molecule has 0 N–H and O–H groups in total. The maximum Gasteiger partial charge on any atom is 0.338 e. The zero-order valence-electron chi connectivity index (χ0n) is 14.0. The van der Waals surface area contributed by atoms with Crippen LogP contribution in [0.4, 0.5) is 8.78 Å². The van der Waals surface area contributed by atoms with Gasteiger partial charge in [-0.3, -0.25) is 0 Å². The second kappa shape index (κ2) is 9.52. The zero-order valence-corrected chi connectivity index (χ0v) is 14.0. The SMILES string of the molecule is CCCCOC(=O)C(=C\c1ccc(F)cc1)/C=C/c1ccc(F)cc1. The lowest BCUT2D eigenvalue weighted by atomic mass is 10.1. The van der Waals surface area contributed by atoms with E-state index in [-0.39, 0.29) is 11.6 Å². The molecule has 0 amide bonds. The third kappa shape index (κ3) is 6.34. The van der Waals surface area contributed by atoms with Gasteiger partial charge in [-0.05, 0) is 54.0 Å². The Morgan fingerprint density at radius 3 is 2.08 bits per heavy atom. The number of hydrogen-bond acceptors (Lipinski definition) is 2. The third-order valence-electron chi connectivity index (χ3n) is 3.48. The maximum absolute atomic E-state index is 13.0. The molecule has 0 saturated carbocycles. The predicted molar refractivity (Wildman–Crippen MR) is 95.7 cm³/mol. The number of carbonyl (C=O) groups excluding carboxylic acids is 1. The van der Waals surface area contributed by atoms with Gasteiger partial charge in [0, 0.05) is 0 Å². The molecule has 0 unspecified atom stereocenters. The Balaban J connectivity index is 2.22. The van der Waals surface area contributed by atoms with E-state index in [1.807, 2.05) is 6.92 Å². The summed E-state index contributed by atoms with van der Waals surface area (Å²) >= 11 is 0. The molecular formula is C21H20F2O2. The van der Waals surface area contributed by atoms with E-state index in [0.29, 0.717) is 17.7 Å². The van der Waals surface area contributed by atoms with Crippen LogP contribution in [0.2, 0.25) is 0 Å². The van der Waals surface area contributed by atoms with Crippen molar-refractivity contribution in [2.75, 3.05) is 6.61 Å². The van der Waals surface area contributed by atoms with Crippen LogP contribution in [0.3, 0.4) is 0 Å². The van der Waals surface area contributed by atoms with Gasteiger partial charge in [-0.25, -0.2) is 13.6 Å². The Labute approximate surface area is 146 Å². The average Bonchev–Trinajstić information content (AvgIpc) is 2.61. The molecular weight excluding hydrogens is 322 g/mol. The highest BCUT2D eigenvalue weighted by molar-refractivity contribution is 5.97. The van der Waals surface area contributed by atoms with Crippen molar-refractivity contribution >= 4 is 18.1 Å². The lowest BCUT2D eigenvalue weighted by molar-refractivity contribution is -0.138. The van der Waals surface area contributed by atoms with Crippen LogP contribution < -0.4 is 0 Å². The number of esters is 1. The maximum atomic E-state index is 13.0. The third-order valence-corrected chi connectivity index (χ3v) is 3.48. The zero-order chi connectivity index (χ0) is 18.1. The van der Waals surface area contributed by atoms with Crippen LogP contribution in [0.15, 0.2) is 60.2 Å². The van der Waals surface area contributed by atoms with Crippen molar-refractivity contribution in [3.8, 4) is 0 Å². The van der Waals surface area contributed by atoms with Gasteiger partial charge in [0.2, 0.25) is 0 Å². The minimum absolute atomic E-state index is 0.321. The molecule has 130 valence electrons. The van der Waals surface area contributed by atoms with Gasteiger partial charge >= 0.3 is 5.97 Å². The molecule has 2 nitrogen and oxygen atoms in total. The Morgan fingerprint density at radius 1 is 0.960 bits per heavy atom. The molecule has 0 saturated heterocycles. The van der Waals surface area contributed by atoms with Crippen molar-refractivity contribution in [1.82, 2.24) is 0 Å². The number of hydrogen-bond donors (Lipinski definition) is 0. The van der Waals surface area contributed by atoms with Gasteiger partial charge in [0.15, 0.2) is 0 Å². The summed E-state index contributed by atoms with van der Waals surface area (Å²) in [5.41, 5.74) is 1.78. The van der Waals surface area contributed by atoms with Crippen LogP contribution in [0.1, 0.15) is 30.9 Å². The normalized spacial score (nSPS) is 11.7. The summed E-state index contributed by atoms with van der Waals surface area (Å²) in [6.45, 7) is 2.36. The minimum Gasteiger partial charge on any atom is -0.462 e. The van der Waals surface area contributed by atoms with E-state index in [2.05, 4.69) is 0 Å². The number of ether oxygens (including phenoxy) is 1.